The summed E-state index contributed by atoms with van der Waals surface area (Å²) in [6.07, 6.45) is 2.69. The highest BCUT2D eigenvalue weighted by Crippen LogP contribution is 2.15. The Morgan fingerprint density at radius 2 is 1.94 bits per heavy atom. The van der Waals surface area contributed by atoms with Gasteiger partial charge in [-0.3, -0.25) is 4.79 Å². The van der Waals surface area contributed by atoms with E-state index in [1.807, 2.05) is 42.3 Å². The Morgan fingerprint density at radius 3 is 2.50 bits per heavy atom. The molecule has 102 valence electrons. The van der Waals surface area contributed by atoms with Crippen molar-refractivity contribution in [2.75, 3.05) is 25.0 Å². The number of benzene rings is 1. The van der Waals surface area contributed by atoms with Crippen LogP contribution >= 0.6 is 12.4 Å². The van der Waals surface area contributed by atoms with Crippen LogP contribution in [0.15, 0.2) is 30.3 Å². The molecule has 0 saturated carbocycles. The molecular weight excluding hydrogens is 248 g/mol. The summed E-state index contributed by atoms with van der Waals surface area (Å²) in [6.45, 7) is 3.68. The number of para-hydroxylation sites is 1. The summed E-state index contributed by atoms with van der Waals surface area (Å²) in [5, 5.41) is 3.01. The first-order chi connectivity index (χ1) is 8.29. The number of anilines is 1. The number of rotatable bonds is 7. The Hall–Kier alpha value is -1.06. The van der Waals surface area contributed by atoms with Gasteiger partial charge < -0.3 is 10.2 Å². The summed E-state index contributed by atoms with van der Waals surface area (Å²) in [4.78, 5) is 14.0. The zero-order valence-electron chi connectivity index (χ0n) is 11.2. The summed E-state index contributed by atoms with van der Waals surface area (Å²) in [6, 6.07) is 9.90. The second-order valence-corrected chi connectivity index (χ2v) is 4.09. The van der Waals surface area contributed by atoms with Gasteiger partial charge in [-0.05, 0) is 25.6 Å². The maximum Gasteiger partial charge on any atom is 0.228 e. The fourth-order valence-electron chi connectivity index (χ4n) is 1.69. The zero-order valence-corrected chi connectivity index (χ0v) is 12.0. The van der Waals surface area contributed by atoms with Gasteiger partial charge in [0.05, 0.1) is 0 Å². The molecule has 4 heteroatoms. The number of hydrogen-bond donors (Lipinski definition) is 1. The van der Waals surface area contributed by atoms with Crippen molar-refractivity contribution in [2.24, 2.45) is 0 Å². The van der Waals surface area contributed by atoms with E-state index in [1.54, 1.807) is 0 Å². The Labute approximate surface area is 116 Å². The van der Waals surface area contributed by atoms with Gasteiger partial charge in [0.1, 0.15) is 0 Å². The molecule has 1 rings (SSSR count). The number of amides is 1. The first-order valence-corrected chi connectivity index (χ1v) is 6.29. The van der Waals surface area contributed by atoms with E-state index >= 15 is 0 Å². The lowest BCUT2D eigenvalue weighted by atomic mass is 10.2. The molecule has 0 unspecified atom stereocenters. The topological polar surface area (TPSA) is 32.3 Å². The Bertz CT molecular complexity index is 330. The lowest BCUT2D eigenvalue weighted by molar-refractivity contribution is -0.118. The number of unbranched alkanes of at least 4 members (excludes halogenated alkanes) is 1. The van der Waals surface area contributed by atoms with Gasteiger partial charge in [0.25, 0.3) is 0 Å². The monoisotopic (exact) mass is 270 g/mol. The van der Waals surface area contributed by atoms with Gasteiger partial charge in [-0.1, -0.05) is 31.5 Å². The highest BCUT2D eigenvalue weighted by atomic mass is 35.5. The van der Waals surface area contributed by atoms with Crippen LogP contribution in [0.2, 0.25) is 0 Å². The summed E-state index contributed by atoms with van der Waals surface area (Å²) in [5.41, 5.74) is 1.00. The van der Waals surface area contributed by atoms with Gasteiger partial charge in [0.15, 0.2) is 0 Å². The zero-order chi connectivity index (χ0) is 12.5. The predicted octanol–water partition coefficient (Wildman–Crippen LogP) is 2.85. The lowest BCUT2D eigenvalue weighted by Gasteiger charge is -2.22. The van der Waals surface area contributed by atoms with Gasteiger partial charge >= 0.3 is 0 Å². The molecular formula is C14H23ClN2O. The molecule has 1 amide bonds. The average Bonchev–Trinajstić information content (AvgIpc) is 2.38. The van der Waals surface area contributed by atoms with Crippen molar-refractivity contribution < 1.29 is 4.79 Å². The minimum atomic E-state index is 0. The maximum absolute atomic E-state index is 12.1. The van der Waals surface area contributed by atoms with Crippen LogP contribution in [0, 0.1) is 0 Å². The van der Waals surface area contributed by atoms with Crippen LogP contribution in [0.4, 0.5) is 5.69 Å². The average molecular weight is 271 g/mol. The van der Waals surface area contributed by atoms with Crippen molar-refractivity contribution in [3.63, 3.8) is 0 Å². The standard InChI is InChI=1S/C14H22N2O.ClH/c1-3-4-12-16(14(17)10-11-15-2)13-8-6-5-7-9-13;/h5-9,15H,3-4,10-12H2,1-2H3;1H. The van der Waals surface area contributed by atoms with Gasteiger partial charge in [-0.25, -0.2) is 0 Å². The van der Waals surface area contributed by atoms with E-state index in [1.165, 1.54) is 0 Å². The summed E-state index contributed by atoms with van der Waals surface area (Å²) in [7, 11) is 1.87. The van der Waals surface area contributed by atoms with E-state index in [2.05, 4.69) is 12.2 Å². The minimum Gasteiger partial charge on any atom is -0.319 e. The van der Waals surface area contributed by atoms with Crippen LogP contribution in [0.25, 0.3) is 0 Å². The summed E-state index contributed by atoms with van der Waals surface area (Å²) in [5.74, 6) is 0.194. The van der Waals surface area contributed by atoms with Crippen LogP contribution in [-0.2, 0) is 4.79 Å². The van der Waals surface area contributed by atoms with E-state index in [4.69, 9.17) is 0 Å². The molecule has 0 aliphatic rings. The van der Waals surface area contributed by atoms with E-state index in [0.29, 0.717) is 6.42 Å². The fourth-order valence-corrected chi connectivity index (χ4v) is 1.69. The largest absolute Gasteiger partial charge is 0.319 e. The first kappa shape index (κ1) is 16.9. The molecule has 1 N–H and O–H groups in total. The van der Waals surface area contributed by atoms with E-state index in [0.717, 1.165) is 31.6 Å². The summed E-state index contributed by atoms with van der Waals surface area (Å²) < 4.78 is 0. The predicted molar refractivity (Wildman–Crippen MR) is 79.5 cm³/mol. The third-order valence-corrected chi connectivity index (χ3v) is 2.69. The molecule has 0 aliphatic heterocycles. The smallest absolute Gasteiger partial charge is 0.228 e. The lowest BCUT2D eigenvalue weighted by Crippen LogP contribution is -2.33. The highest BCUT2D eigenvalue weighted by molar-refractivity contribution is 5.93. The Kier molecular flexibility index (Phi) is 9.33. The molecule has 0 bridgehead atoms. The number of hydrogen-bond acceptors (Lipinski definition) is 2. The van der Waals surface area contributed by atoms with E-state index in [-0.39, 0.29) is 18.3 Å². The SMILES string of the molecule is CCCCN(C(=O)CCNC)c1ccccc1.Cl. The molecule has 0 spiro atoms. The van der Waals surface area contributed by atoms with Crippen molar-refractivity contribution in [3.8, 4) is 0 Å². The number of nitrogens with one attached hydrogen (secondary N) is 1. The Balaban J connectivity index is 0.00000289. The maximum atomic E-state index is 12.1. The molecule has 0 saturated heterocycles. The number of carbonyl (C=O) groups is 1. The van der Waals surface area contributed by atoms with Crippen LogP contribution < -0.4 is 10.2 Å². The number of carbonyl (C=O) groups excluding carboxylic acids is 1. The van der Waals surface area contributed by atoms with Crippen LogP contribution in [-0.4, -0.2) is 26.0 Å². The van der Waals surface area contributed by atoms with Gasteiger partial charge in [0.2, 0.25) is 5.91 Å². The molecule has 0 fully saturated rings. The first-order valence-electron chi connectivity index (χ1n) is 6.29. The van der Waals surface area contributed by atoms with E-state index in [9.17, 15) is 4.79 Å². The summed E-state index contributed by atoms with van der Waals surface area (Å²) >= 11 is 0. The number of halogens is 1. The number of nitrogens with zero attached hydrogens (tertiary/aromatic N) is 1. The van der Waals surface area contributed by atoms with Gasteiger partial charge in [-0.15, -0.1) is 12.4 Å². The normalized spacial score (nSPS) is 9.67. The van der Waals surface area contributed by atoms with Crippen molar-refractivity contribution >= 4 is 24.0 Å². The van der Waals surface area contributed by atoms with Crippen LogP contribution in [0.5, 0.6) is 0 Å². The second kappa shape index (κ2) is 9.92. The Morgan fingerprint density at radius 1 is 1.28 bits per heavy atom. The third-order valence-electron chi connectivity index (χ3n) is 2.69. The van der Waals surface area contributed by atoms with Crippen molar-refractivity contribution in [3.05, 3.63) is 30.3 Å². The fraction of sp³-hybridized carbons (Fsp3) is 0.500. The third kappa shape index (κ3) is 5.52. The molecule has 3 nitrogen and oxygen atoms in total. The van der Waals surface area contributed by atoms with Crippen molar-refractivity contribution in [1.82, 2.24) is 5.32 Å². The van der Waals surface area contributed by atoms with Crippen LogP contribution in [0.1, 0.15) is 26.2 Å². The second-order valence-electron chi connectivity index (χ2n) is 4.09. The molecule has 0 aliphatic carbocycles. The molecule has 1 aromatic rings. The van der Waals surface area contributed by atoms with Gasteiger partial charge in [0, 0.05) is 25.2 Å². The molecule has 0 aromatic heterocycles. The van der Waals surface area contributed by atoms with Crippen molar-refractivity contribution in [1.29, 1.82) is 0 Å². The quantitative estimate of drug-likeness (QED) is 0.826. The molecule has 0 atom stereocenters. The highest BCUT2D eigenvalue weighted by Gasteiger charge is 2.13. The molecule has 0 heterocycles. The molecule has 1 aromatic carbocycles. The molecule has 0 radical (unpaired) electrons. The van der Waals surface area contributed by atoms with Crippen LogP contribution in [0.3, 0.4) is 0 Å². The minimum absolute atomic E-state index is 0. The van der Waals surface area contributed by atoms with Gasteiger partial charge in [-0.2, -0.15) is 0 Å². The van der Waals surface area contributed by atoms with Crippen molar-refractivity contribution in [2.45, 2.75) is 26.2 Å². The molecule has 18 heavy (non-hydrogen) atoms. The van der Waals surface area contributed by atoms with E-state index < -0.39 is 0 Å².